The summed E-state index contributed by atoms with van der Waals surface area (Å²) < 4.78 is 13.2. The highest BCUT2D eigenvalue weighted by Gasteiger charge is 2.22. The monoisotopic (exact) mass is 688 g/mol. The molecule has 2 heteroatoms. The molecule has 0 saturated carbocycles. The Morgan fingerprint density at radius 1 is 0.278 bits per heavy atom. The smallest absolute Gasteiger partial charge is 0.136 e. The Kier molecular flexibility index (Phi) is 6.90. The normalized spacial score (nSPS) is 11.7. The third-order valence-corrected chi connectivity index (χ3v) is 10.9. The summed E-state index contributed by atoms with van der Waals surface area (Å²) in [6, 6.07) is 69.1. The number of rotatable bonds is 5. The molecule has 0 bridgehead atoms. The maximum Gasteiger partial charge on any atom is 0.136 e. The zero-order chi connectivity index (χ0) is 35.6. The van der Waals surface area contributed by atoms with E-state index in [9.17, 15) is 0 Å². The first-order valence-corrected chi connectivity index (χ1v) is 18.4. The van der Waals surface area contributed by atoms with Gasteiger partial charge < -0.3 is 8.83 Å². The molecule has 2 aromatic heterocycles. The Morgan fingerprint density at radius 3 is 1.56 bits per heavy atom. The Morgan fingerprint density at radius 2 is 0.852 bits per heavy atom. The third-order valence-electron chi connectivity index (χ3n) is 10.9. The summed E-state index contributed by atoms with van der Waals surface area (Å²) in [6.07, 6.45) is 0. The zero-order valence-electron chi connectivity index (χ0n) is 29.3. The van der Waals surface area contributed by atoms with E-state index < -0.39 is 0 Å². The summed E-state index contributed by atoms with van der Waals surface area (Å²) in [5.41, 5.74) is 13.0. The number of benzene rings is 9. The van der Waals surface area contributed by atoms with Gasteiger partial charge in [-0.3, -0.25) is 0 Å². The molecule has 0 aliphatic carbocycles. The number of furan rings is 2. The summed E-state index contributed by atoms with van der Waals surface area (Å²) in [6.45, 7) is 0. The van der Waals surface area contributed by atoms with Gasteiger partial charge in [-0.15, -0.1) is 0 Å². The van der Waals surface area contributed by atoms with Crippen molar-refractivity contribution in [3.05, 3.63) is 194 Å². The SMILES string of the molecule is c1ccc(-c2ccccc2-c2cc3cc(-c4cc(-c5c6ccccc6c(-c6ccccc6)c6ccccc56)c5c(c4)oc4ccccc45)ccc3o2)cc1. The van der Waals surface area contributed by atoms with E-state index in [4.69, 9.17) is 8.83 Å². The van der Waals surface area contributed by atoms with Crippen molar-refractivity contribution in [2.24, 2.45) is 0 Å². The van der Waals surface area contributed by atoms with Crippen molar-refractivity contribution in [1.82, 2.24) is 0 Å². The van der Waals surface area contributed by atoms with Crippen LogP contribution in [0.1, 0.15) is 0 Å². The minimum Gasteiger partial charge on any atom is -0.456 e. The molecule has 11 rings (SSSR count). The molecule has 0 aliphatic rings. The van der Waals surface area contributed by atoms with Crippen molar-refractivity contribution in [3.8, 4) is 55.8 Å². The van der Waals surface area contributed by atoms with E-state index in [2.05, 4.69) is 182 Å². The molecule has 0 fully saturated rings. The highest BCUT2D eigenvalue weighted by molar-refractivity contribution is 6.26. The molecule has 2 heterocycles. The first kappa shape index (κ1) is 30.5. The number of para-hydroxylation sites is 1. The molecule has 252 valence electrons. The van der Waals surface area contributed by atoms with Gasteiger partial charge in [0.2, 0.25) is 0 Å². The standard InChI is InChI=1S/C52H32O2/c1-3-15-33(16-4-1)38-19-7-8-20-39(38)48-32-37-29-35(27-28-46(37)53-48)36-30-45(52-44-25-13-14-26-47(44)54-49(52)31-36)51-42-23-11-9-21-40(42)50(34-17-5-2-6-18-34)41-22-10-12-24-43(41)51/h1-32H. The van der Waals surface area contributed by atoms with Crippen molar-refractivity contribution < 1.29 is 8.83 Å². The van der Waals surface area contributed by atoms with Crippen molar-refractivity contribution in [3.63, 3.8) is 0 Å². The Bertz CT molecular complexity index is 3140. The van der Waals surface area contributed by atoms with Gasteiger partial charge in [-0.1, -0.05) is 158 Å². The van der Waals surface area contributed by atoms with E-state index in [1.54, 1.807) is 0 Å². The summed E-state index contributed by atoms with van der Waals surface area (Å²) in [5.74, 6) is 0.853. The highest BCUT2D eigenvalue weighted by atomic mass is 16.3. The van der Waals surface area contributed by atoms with Crippen molar-refractivity contribution >= 4 is 54.5 Å². The fourth-order valence-corrected chi connectivity index (χ4v) is 8.48. The second-order valence-corrected chi connectivity index (χ2v) is 14.0. The van der Waals surface area contributed by atoms with Gasteiger partial charge in [0, 0.05) is 21.7 Å². The minimum atomic E-state index is 0.853. The van der Waals surface area contributed by atoms with E-state index in [0.717, 1.165) is 72.0 Å². The quantitative estimate of drug-likeness (QED) is 0.168. The van der Waals surface area contributed by atoms with Gasteiger partial charge >= 0.3 is 0 Å². The van der Waals surface area contributed by atoms with Gasteiger partial charge in [-0.2, -0.15) is 0 Å². The highest BCUT2D eigenvalue weighted by Crippen LogP contribution is 2.48. The van der Waals surface area contributed by atoms with E-state index >= 15 is 0 Å². The minimum absolute atomic E-state index is 0.853. The predicted octanol–water partition coefficient (Wildman–Crippen LogP) is 15.0. The van der Waals surface area contributed by atoms with Crippen LogP contribution in [-0.2, 0) is 0 Å². The molecule has 0 radical (unpaired) electrons. The number of fused-ring (bicyclic) bond motifs is 6. The van der Waals surface area contributed by atoms with Crippen LogP contribution in [0.25, 0.3) is 110 Å². The summed E-state index contributed by atoms with van der Waals surface area (Å²) in [4.78, 5) is 0. The van der Waals surface area contributed by atoms with Crippen LogP contribution in [0.2, 0.25) is 0 Å². The summed E-state index contributed by atoms with van der Waals surface area (Å²) in [5, 5.41) is 8.18. The van der Waals surface area contributed by atoms with Crippen molar-refractivity contribution in [2.45, 2.75) is 0 Å². The number of hydrogen-bond donors (Lipinski definition) is 0. The number of hydrogen-bond acceptors (Lipinski definition) is 2. The average molecular weight is 689 g/mol. The van der Waals surface area contributed by atoms with Crippen LogP contribution in [0.5, 0.6) is 0 Å². The van der Waals surface area contributed by atoms with Gasteiger partial charge in [0.1, 0.15) is 22.5 Å². The Hall–Kier alpha value is -7.16. The molecule has 0 saturated heterocycles. The van der Waals surface area contributed by atoms with Crippen molar-refractivity contribution in [1.29, 1.82) is 0 Å². The summed E-state index contributed by atoms with van der Waals surface area (Å²) in [7, 11) is 0. The van der Waals surface area contributed by atoms with E-state index in [1.165, 1.54) is 38.2 Å². The van der Waals surface area contributed by atoms with Gasteiger partial charge in [-0.05, 0) is 102 Å². The average Bonchev–Trinajstić information content (AvgIpc) is 3.84. The molecule has 2 nitrogen and oxygen atoms in total. The molecule has 11 aromatic rings. The van der Waals surface area contributed by atoms with E-state index in [0.29, 0.717) is 0 Å². The lowest BCUT2D eigenvalue weighted by molar-refractivity contribution is 0.632. The van der Waals surface area contributed by atoms with E-state index in [1.807, 2.05) is 12.1 Å². The maximum atomic E-state index is 6.68. The predicted molar refractivity (Wildman–Crippen MR) is 226 cm³/mol. The Balaban J connectivity index is 1.16. The fraction of sp³-hybridized carbons (Fsp3) is 0. The second kappa shape index (κ2) is 12.2. The van der Waals surface area contributed by atoms with Crippen LogP contribution < -0.4 is 0 Å². The van der Waals surface area contributed by atoms with Gasteiger partial charge in [0.05, 0.1) is 0 Å². The van der Waals surface area contributed by atoms with Crippen LogP contribution in [0.15, 0.2) is 203 Å². The molecular weight excluding hydrogens is 657 g/mol. The maximum absolute atomic E-state index is 6.68. The lowest BCUT2D eigenvalue weighted by Gasteiger charge is -2.19. The van der Waals surface area contributed by atoms with Gasteiger partial charge in [0.25, 0.3) is 0 Å². The van der Waals surface area contributed by atoms with Gasteiger partial charge in [-0.25, -0.2) is 0 Å². The Labute approximate surface area is 312 Å². The molecule has 0 spiro atoms. The second-order valence-electron chi connectivity index (χ2n) is 14.0. The van der Waals surface area contributed by atoms with Crippen LogP contribution in [0.4, 0.5) is 0 Å². The molecule has 0 atom stereocenters. The van der Waals surface area contributed by atoms with Crippen LogP contribution in [-0.4, -0.2) is 0 Å². The molecule has 0 amide bonds. The van der Waals surface area contributed by atoms with Crippen molar-refractivity contribution in [2.75, 3.05) is 0 Å². The first-order valence-electron chi connectivity index (χ1n) is 18.4. The lowest BCUT2D eigenvalue weighted by Crippen LogP contribution is -1.92. The molecule has 0 unspecified atom stereocenters. The van der Waals surface area contributed by atoms with Gasteiger partial charge in [0.15, 0.2) is 0 Å². The van der Waals surface area contributed by atoms with E-state index in [-0.39, 0.29) is 0 Å². The third kappa shape index (κ3) is 4.81. The largest absolute Gasteiger partial charge is 0.456 e. The summed E-state index contributed by atoms with van der Waals surface area (Å²) >= 11 is 0. The van der Waals surface area contributed by atoms with Crippen LogP contribution in [0, 0.1) is 0 Å². The van der Waals surface area contributed by atoms with Crippen LogP contribution in [0.3, 0.4) is 0 Å². The lowest BCUT2D eigenvalue weighted by atomic mass is 9.84. The van der Waals surface area contributed by atoms with Crippen LogP contribution >= 0.6 is 0 Å². The molecular formula is C52H32O2. The fourth-order valence-electron chi connectivity index (χ4n) is 8.48. The topological polar surface area (TPSA) is 26.3 Å². The molecule has 9 aromatic carbocycles. The molecule has 54 heavy (non-hydrogen) atoms. The zero-order valence-corrected chi connectivity index (χ0v) is 29.3. The molecule has 0 N–H and O–H groups in total. The molecule has 0 aliphatic heterocycles. The first-order chi connectivity index (χ1) is 26.8.